The van der Waals surface area contributed by atoms with Crippen LogP contribution >= 0.6 is 8.53 Å². The van der Waals surface area contributed by atoms with Crippen molar-refractivity contribution in [2.75, 3.05) is 39.8 Å². The lowest BCUT2D eigenvalue weighted by Crippen LogP contribution is -2.49. The van der Waals surface area contributed by atoms with Crippen LogP contribution in [0.1, 0.15) is 62.6 Å². The zero-order chi connectivity index (χ0) is 39.3. The number of fused-ring (bicyclic) bond motifs is 2. The van der Waals surface area contributed by atoms with Gasteiger partial charge in [-0.3, -0.25) is 4.57 Å². The highest BCUT2D eigenvalue weighted by molar-refractivity contribution is 7.44. The van der Waals surface area contributed by atoms with Crippen molar-refractivity contribution in [2.24, 2.45) is 0 Å². The minimum atomic E-state index is -1.74. The van der Waals surface area contributed by atoms with E-state index in [4.69, 9.17) is 38.5 Å². The zero-order valence-corrected chi connectivity index (χ0v) is 33.3. The number of aryl methyl sites for hydroxylation is 1. The average molecular weight is 772 g/mol. The van der Waals surface area contributed by atoms with Gasteiger partial charge in [-0.2, -0.15) is 10.2 Å². The lowest BCUT2D eigenvalue weighted by atomic mass is 9.79. The van der Waals surface area contributed by atoms with Gasteiger partial charge in [0.2, 0.25) is 0 Å². The highest BCUT2D eigenvalue weighted by Crippen LogP contribution is 2.56. The van der Waals surface area contributed by atoms with E-state index >= 15 is 0 Å². The van der Waals surface area contributed by atoms with Crippen molar-refractivity contribution in [3.05, 3.63) is 118 Å². The SMILES string of the molecule is COc1ccc(C(OC[C@@]23CO[C@@H]([C@H](n4cc(C)c(N)nc4=O)O2)[C@@H]3OP(OCCC#N)N(C(C)C)C(C)C)(c2ccccc2)c2ccc(OC)cc2)cc1. The number of benzene rings is 3. The molecular weight excluding hydrogens is 721 g/mol. The summed E-state index contributed by atoms with van der Waals surface area (Å²) < 4.78 is 49.0. The van der Waals surface area contributed by atoms with Crippen molar-refractivity contribution in [3.8, 4) is 17.6 Å². The number of methoxy groups -OCH3 is 2. The first-order valence-corrected chi connectivity index (χ1v) is 19.5. The fourth-order valence-electron chi connectivity index (χ4n) is 7.33. The third kappa shape index (κ3) is 8.00. The highest BCUT2D eigenvalue weighted by atomic mass is 31.2. The molecular formula is C41H50N5O8P. The Morgan fingerprint density at radius 1 is 0.982 bits per heavy atom. The highest BCUT2D eigenvalue weighted by Gasteiger charge is 2.65. The maximum atomic E-state index is 13.4. The number of aromatic nitrogens is 2. The van der Waals surface area contributed by atoms with Gasteiger partial charge in [0.25, 0.3) is 8.53 Å². The summed E-state index contributed by atoms with van der Waals surface area (Å²) in [5.74, 6) is 1.54. The number of ether oxygens (including phenoxy) is 5. The molecule has 0 aliphatic carbocycles. The van der Waals surface area contributed by atoms with E-state index in [1.807, 2.05) is 78.9 Å². The van der Waals surface area contributed by atoms with Gasteiger partial charge in [0.05, 0.1) is 46.5 Å². The number of hydrogen-bond acceptors (Lipinski definition) is 12. The monoisotopic (exact) mass is 771 g/mol. The molecule has 2 fully saturated rings. The van der Waals surface area contributed by atoms with Crippen LogP contribution in [-0.4, -0.2) is 78.2 Å². The zero-order valence-electron chi connectivity index (χ0n) is 32.4. The van der Waals surface area contributed by atoms with Gasteiger partial charge in [0.15, 0.2) is 6.23 Å². The van der Waals surface area contributed by atoms with Crippen molar-refractivity contribution in [3.63, 3.8) is 0 Å². The molecule has 6 rings (SSSR count). The van der Waals surface area contributed by atoms with E-state index in [1.165, 1.54) is 4.57 Å². The predicted octanol–water partition coefficient (Wildman–Crippen LogP) is 6.49. The average Bonchev–Trinajstić information content (AvgIpc) is 3.68. The van der Waals surface area contributed by atoms with Crippen LogP contribution in [0.3, 0.4) is 0 Å². The molecule has 0 amide bonds. The van der Waals surface area contributed by atoms with Crippen LogP contribution in [0, 0.1) is 18.3 Å². The Bertz CT molecular complexity index is 1930. The number of rotatable bonds is 17. The van der Waals surface area contributed by atoms with E-state index in [2.05, 4.69) is 43.4 Å². The first kappa shape index (κ1) is 40.3. The van der Waals surface area contributed by atoms with Crippen molar-refractivity contribution >= 4 is 14.3 Å². The molecule has 292 valence electrons. The predicted molar refractivity (Wildman–Crippen MR) is 209 cm³/mol. The maximum Gasteiger partial charge on any atom is 0.351 e. The largest absolute Gasteiger partial charge is 0.497 e. The van der Waals surface area contributed by atoms with E-state index in [1.54, 1.807) is 27.3 Å². The van der Waals surface area contributed by atoms with Crippen LogP contribution < -0.4 is 20.9 Å². The van der Waals surface area contributed by atoms with Crippen LogP contribution in [0.4, 0.5) is 5.82 Å². The Morgan fingerprint density at radius 3 is 2.11 bits per heavy atom. The summed E-state index contributed by atoms with van der Waals surface area (Å²) in [5, 5.41) is 9.38. The third-order valence-electron chi connectivity index (χ3n) is 9.99. The number of nitriles is 1. The fourth-order valence-corrected chi connectivity index (χ4v) is 9.14. The first-order chi connectivity index (χ1) is 26.5. The molecule has 0 saturated carbocycles. The second kappa shape index (κ2) is 17.2. The molecule has 2 aliphatic rings. The molecule has 2 aliphatic heterocycles. The summed E-state index contributed by atoms with van der Waals surface area (Å²) in [4.78, 5) is 17.5. The molecule has 1 aromatic heterocycles. The van der Waals surface area contributed by atoms with Gasteiger partial charge >= 0.3 is 5.69 Å². The smallest absolute Gasteiger partial charge is 0.351 e. The Morgan fingerprint density at radius 2 is 1.56 bits per heavy atom. The number of nitrogen functional groups attached to an aromatic ring is 1. The summed E-state index contributed by atoms with van der Waals surface area (Å²) >= 11 is 0. The molecule has 5 atom stereocenters. The molecule has 2 saturated heterocycles. The Hall–Kier alpha value is -4.38. The van der Waals surface area contributed by atoms with E-state index in [0.717, 1.165) is 16.7 Å². The molecule has 0 spiro atoms. The van der Waals surface area contributed by atoms with Crippen LogP contribution in [0.2, 0.25) is 0 Å². The second-order valence-corrected chi connectivity index (χ2v) is 15.6. The summed E-state index contributed by atoms with van der Waals surface area (Å²) in [6.07, 6.45) is -0.605. The van der Waals surface area contributed by atoms with Gasteiger partial charge in [-0.05, 0) is 75.6 Å². The molecule has 2 N–H and O–H groups in total. The molecule has 13 nitrogen and oxygen atoms in total. The standard InChI is InChI=1S/C41H50N5O8P/c1-27(2)46(28(3)4)55(52-23-11-22-42)54-36-35-38(45-24-29(5)37(43)44-39(45)47)53-40(36,25-50-35)26-51-41(30-12-9-8-10-13-30,31-14-18-33(48-6)19-15-31)32-16-20-34(49-7)21-17-32/h8-10,12-21,24,27-28,35-36,38H,11,23,25-26H2,1-7H3,(H2,43,44,47)/t35-,36+,38-,40-,55?/m1/s1. The van der Waals surface area contributed by atoms with Crippen LogP contribution in [0.25, 0.3) is 0 Å². The van der Waals surface area contributed by atoms with Gasteiger partial charge in [0.1, 0.15) is 40.7 Å². The van der Waals surface area contributed by atoms with Crippen molar-refractivity contribution in [1.29, 1.82) is 5.26 Å². The lowest BCUT2D eigenvalue weighted by molar-refractivity contribution is -0.203. The second-order valence-electron chi connectivity index (χ2n) is 14.2. The molecule has 14 heteroatoms. The van der Waals surface area contributed by atoms with Gasteiger partial charge in [-0.1, -0.05) is 54.6 Å². The van der Waals surface area contributed by atoms with Crippen LogP contribution in [-0.2, 0) is 28.9 Å². The Labute approximate surface area is 323 Å². The summed E-state index contributed by atoms with van der Waals surface area (Å²) in [5.41, 5.74) is 6.20. The molecule has 3 heterocycles. The normalized spacial score (nSPS) is 21.3. The van der Waals surface area contributed by atoms with Crippen molar-refractivity contribution < 1.29 is 32.7 Å². The van der Waals surface area contributed by atoms with Gasteiger partial charge in [-0.25, -0.2) is 9.46 Å². The lowest BCUT2D eigenvalue weighted by Gasteiger charge is -2.41. The number of nitrogens with two attached hydrogens (primary N) is 1. The summed E-state index contributed by atoms with van der Waals surface area (Å²) in [6, 6.07) is 27.8. The van der Waals surface area contributed by atoms with E-state index in [9.17, 15) is 10.1 Å². The maximum absolute atomic E-state index is 13.4. The van der Waals surface area contributed by atoms with E-state index in [-0.39, 0.29) is 44.1 Å². The number of hydrogen-bond donors (Lipinski definition) is 1. The molecule has 4 aromatic rings. The number of nitrogens with zero attached hydrogens (tertiary/aromatic N) is 4. The van der Waals surface area contributed by atoms with Crippen LogP contribution in [0.15, 0.2) is 89.9 Å². The van der Waals surface area contributed by atoms with E-state index < -0.39 is 43.9 Å². The van der Waals surface area contributed by atoms with Gasteiger partial charge < -0.3 is 38.5 Å². The first-order valence-electron chi connectivity index (χ1n) is 18.4. The molecule has 0 radical (unpaired) electrons. The van der Waals surface area contributed by atoms with Crippen LogP contribution in [0.5, 0.6) is 11.5 Å². The summed E-state index contributed by atoms with van der Waals surface area (Å²) in [7, 11) is 1.52. The van der Waals surface area contributed by atoms with Crippen molar-refractivity contribution in [1.82, 2.24) is 14.2 Å². The van der Waals surface area contributed by atoms with E-state index in [0.29, 0.717) is 17.1 Å². The molecule has 1 unspecified atom stereocenters. The Balaban J connectivity index is 1.49. The minimum absolute atomic E-state index is 0.0293. The Kier molecular flexibility index (Phi) is 12.6. The molecule has 3 aromatic carbocycles. The molecule has 55 heavy (non-hydrogen) atoms. The quantitative estimate of drug-likeness (QED) is 0.0710. The number of anilines is 1. The third-order valence-corrected chi connectivity index (χ3v) is 12.1. The van der Waals surface area contributed by atoms with Gasteiger partial charge in [-0.15, -0.1) is 0 Å². The topological polar surface area (TPSA) is 153 Å². The fraction of sp³-hybridized carbons (Fsp3) is 0.439. The van der Waals surface area contributed by atoms with Crippen molar-refractivity contribution in [2.45, 2.75) is 82.8 Å². The van der Waals surface area contributed by atoms with Gasteiger partial charge in [0, 0.05) is 23.8 Å². The summed E-state index contributed by atoms with van der Waals surface area (Å²) in [6.45, 7) is 10.3. The minimum Gasteiger partial charge on any atom is -0.497 e. The molecule has 2 bridgehead atoms.